The van der Waals surface area contributed by atoms with Crippen molar-refractivity contribution in [3.05, 3.63) is 100 Å². The summed E-state index contributed by atoms with van der Waals surface area (Å²) in [5, 5.41) is 145. The fourth-order valence-electron chi connectivity index (χ4n) is 6.27. The van der Waals surface area contributed by atoms with E-state index in [0.29, 0.717) is 42.5 Å². The molecule has 0 aromatic heterocycles. The molecular weight excluding hydrogens is 832 g/mol. The standard InChI is InChI=1S/C40H32O22/c41-17-3-1-13(2-4-17)29(50)27-18(42)11-19(43)28(34(27)55)35-37(62-40(58)16-9-24(48)32(53)25(49)10-16)36(61-39(57)15-7-22(46)31(52)23(47)8-15)33(54)26(60-35)12-59-38(56)14-5-20(44)30(51)21(45)6-14/h1-11,26,33,35-37,41-49,51-55H,12H2/t26-,33-,35+,36+,37+/m1/s1. The van der Waals surface area contributed by atoms with Crippen LogP contribution in [0.4, 0.5) is 0 Å². The van der Waals surface area contributed by atoms with Gasteiger partial charge in [-0.1, -0.05) is 0 Å². The number of aliphatic hydroxyl groups is 1. The highest BCUT2D eigenvalue weighted by Gasteiger charge is 2.53. The van der Waals surface area contributed by atoms with Gasteiger partial charge in [0.05, 0.1) is 22.3 Å². The smallest absolute Gasteiger partial charge is 0.338 e. The average Bonchev–Trinajstić information content (AvgIpc) is 3.21. The van der Waals surface area contributed by atoms with Crippen molar-refractivity contribution in [2.24, 2.45) is 0 Å². The van der Waals surface area contributed by atoms with Crippen LogP contribution in [0.1, 0.15) is 58.7 Å². The molecule has 62 heavy (non-hydrogen) atoms. The quantitative estimate of drug-likeness (QED) is 0.0414. The number of rotatable bonds is 10. The zero-order valence-corrected chi connectivity index (χ0v) is 31.0. The van der Waals surface area contributed by atoms with Crippen LogP contribution in [0, 0.1) is 0 Å². The van der Waals surface area contributed by atoms with Crippen molar-refractivity contribution >= 4 is 23.7 Å². The third-order valence-electron chi connectivity index (χ3n) is 9.38. The summed E-state index contributed by atoms with van der Waals surface area (Å²) in [4.78, 5) is 54.1. The van der Waals surface area contributed by atoms with E-state index in [-0.39, 0.29) is 11.3 Å². The number of hydrogen-bond acceptors (Lipinski definition) is 22. The van der Waals surface area contributed by atoms with Gasteiger partial charge in [-0.3, -0.25) is 4.79 Å². The Morgan fingerprint density at radius 3 is 1.35 bits per heavy atom. The Morgan fingerprint density at radius 2 is 0.903 bits per heavy atom. The van der Waals surface area contributed by atoms with Gasteiger partial charge < -0.3 is 90.4 Å². The molecule has 5 atom stereocenters. The fraction of sp³-hybridized carbons (Fsp3) is 0.150. The number of ether oxygens (including phenoxy) is 4. The molecule has 22 heteroatoms. The first-order chi connectivity index (χ1) is 29.2. The molecule has 1 aliphatic heterocycles. The molecule has 1 heterocycles. The van der Waals surface area contributed by atoms with Gasteiger partial charge in [0.25, 0.3) is 0 Å². The number of ketones is 1. The highest BCUT2D eigenvalue weighted by atomic mass is 16.6. The van der Waals surface area contributed by atoms with Gasteiger partial charge in [-0.15, -0.1) is 0 Å². The highest BCUT2D eigenvalue weighted by molar-refractivity contribution is 6.13. The Balaban J connectivity index is 1.50. The number of carbonyl (C=O) groups is 4. The lowest BCUT2D eigenvalue weighted by Crippen LogP contribution is -2.58. The van der Waals surface area contributed by atoms with Gasteiger partial charge in [-0.2, -0.15) is 0 Å². The molecule has 0 aliphatic carbocycles. The predicted molar refractivity (Wildman–Crippen MR) is 200 cm³/mol. The third-order valence-corrected chi connectivity index (χ3v) is 9.38. The van der Waals surface area contributed by atoms with Crippen LogP contribution in [-0.2, 0) is 18.9 Å². The minimum Gasteiger partial charge on any atom is -0.508 e. The number of phenolic OH excluding ortho intramolecular Hbond substituents is 13. The van der Waals surface area contributed by atoms with Crippen LogP contribution < -0.4 is 0 Å². The van der Waals surface area contributed by atoms with Crippen molar-refractivity contribution in [3.8, 4) is 74.7 Å². The summed E-state index contributed by atoms with van der Waals surface area (Å²) >= 11 is 0. The van der Waals surface area contributed by atoms with E-state index in [2.05, 4.69) is 0 Å². The molecule has 0 spiro atoms. The molecule has 5 aromatic carbocycles. The number of carbonyl (C=O) groups excluding carboxylic acids is 4. The van der Waals surface area contributed by atoms with Crippen molar-refractivity contribution in [1.82, 2.24) is 0 Å². The van der Waals surface area contributed by atoms with Gasteiger partial charge in [0.15, 0.2) is 64.0 Å². The number of aromatic hydroxyl groups is 13. The summed E-state index contributed by atoms with van der Waals surface area (Å²) in [6.45, 7) is -1.10. The van der Waals surface area contributed by atoms with Crippen LogP contribution in [0.25, 0.3) is 0 Å². The Morgan fingerprint density at radius 1 is 0.484 bits per heavy atom. The normalized spacial score (nSPS) is 18.4. The highest BCUT2D eigenvalue weighted by Crippen LogP contribution is 2.49. The second kappa shape index (κ2) is 16.6. The zero-order chi connectivity index (χ0) is 45.5. The van der Waals surface area contributed by atoms with Crippen LogP contribution in [-0.4, -0.2) is 126 Å². The predicted octanol–water partition coefficient (Wildman–Crippen LogP) is 2.20. The van der Waals surface area contributed by atoms with E-state index in [1.165, 1.54) is 0 Å². The summed E-state index contributed by atoms with van der Waals surface area (Å²) in [6.07, 6.45) is -11.4. The minimum atomic E-state index is -2.37. The molecule has 5 aromatic rings. The summed E-state index contributed by atoms with van der Waals surface area (Å²) in [5.74, 6) is -18.6. The average molecular weight is 865 g/mol. The van der Waals surface area contributed by atoms with Crippen LogP contribution in [0.2, 0.25) is 0 Å². The van der Waals surface area contributed by atoms with Crippen LogP contribution in [0.3, 0.4) is 0 Å². The molecule has 1 fully saturated rings. The van der Waals surface area contributed by atoms with Crippen LogP contribution in [0.5, 0.6) is 74.7 Å². The van der Waals surface area contributed by atoms with E-state index in [0.717, 1.165) is 24.3 Å². The number of esters is 3. The summed E-state index contributed by atoms with van der Waals surface area (Å²) in [7, 11) is 0. The molecule has 0 bridgehead atoms. The van der Waals surface area contributed by atoms with E-state index in [1.54, 1.807) is 0 Å². The summed E-state index contributed by atoms with van der Waals surface area (Å²) < 4.78 is 22.2. The second-order valence-corrected chi connectivity index (χ2v) is 13.4. The molecule has 6 rings (SSSR count). The van der Waals surface area contributed by atoms with Gasteiger partial charge in [0.1, 0.15) is 53.5 Å². The largest absolute Gasteiger partial charge is 0.508 e. The fourth-order valence-corrected chi connectivity index (χ4v) is 6.27. The number of benzene rings is 5. The van der Waals surface area contributed by atoms with E-state index < -0.39 is 158 Å². The Hall–Kier alpha value is -8.50. The van der Waals surface area contributed by atoms with Crippen molar-refractivity contribution in [2.75, 3.05) is 6.61 Å². The van der Waals surface area contributed by atoms with E-state index in [9.17, 15) is 90.7 Å². The van der Waals surface area contributed by atoms with E-state index in [1.807, 2.05) is 0 Å². The maximum Gasteiger partial charge on any atom is 0.338 e. The molecule has 22 nitrogen and oxygen atoms in total. The molecule has 0 saturated carbocycles. The van der Waals surface area contributed by atoms with Gasteiger partial charge in [0, 0.05) is 11.6 Å². The first-order valence-corrected chi connectivity index (χ1v) is 17.5. The monoisotopic (exact) mass is 864 g/mol. The van der Waals surface area contributed by atoms with E-state index in [4.69, 9.17) is 18.9 Å². The topological polar surface area (TPSA) is 388 Å². The maximum atomic E-state index is 13.7. The Bertz CT molecular complexity index is 2550. The summed E-state index contributed by atoms with van der Waals surface area (Å²) in [5.41, 5.74) is -4.15. The van der Waals surface area contributed by atoms with Crippen molar-refractivity contribution in [3.63, 3.8) is 0 Å². The van der Waals surface area contributed by atoms with Gasteiger partial charge in [-0.25, -0.2) is 14.4 Å². The molecule has 1 aliphatic rings. The molecule has 1 saturated heterocycles. The van der Waals surface area contributed by atoms with Gasteiger partial charge in [-0.05, 0) is 60.7 Å². The van der Waals surface area contributed by atoms with Crippen molar-refractivity contribution in [1.29, 1.82) is 0 Å². The van der Waals surface area contributed by atoms with Gasteiger partial charge in [0.2, 0.25) is 5.78 Å². The molecule has 14 N–H and O–H groups in total. The van der Waals surface area contributed by atoms with Crippen LogP contribution >= 0.6 is 0 Å². The van der Waals surface area contributed by atoms with Crippen molar-refractivity contribution < 1.29 is 110 Å². The molecular formula is C40H32O22. The first kappa shape index (κ1) is 43.1. The van der Waals surface area contributed by atoms with Crippen molar-refractivity contribution in [2.45, 2.75) is 30.5 Å². The lowest BCUT2D eigenvalue weighted by atomic mass is 9.87. The lowest BCUT2D eigenvalue weighted by molar-refractivity contribution is -0.232. The first-order valence-electron chi connectivity index (χ1n) is 17.5. The SMILES string of the molecule is O=C(OC[C@H]1O[C@@H](c2c(O)cc(O)c(C(=O)c3ccc(O)cc3)c2O)[C@H](OC(=O)c2cc(O)c(O)c(O)c2)[C@@H](OC(=O)c2cc(O)c(O)c(O)c2)[C@@H]1O)c1cc(O)c(O)c(O)c1. The minimum absolute atomic E-state index is 0.247. The number of hydrogen-bond donors (Lipinski definition) is 14. The third kappa shape index (κ3) is 8.21. The van der Waals surface area contributed by atoms with Gasteiger partial charge >= 0.3 is 17.9 Å². The Kier molecular flexibility index (Phi) is 11.6. The molecule has 0 unspecified atom stereocenters. The summed E-state index contributed by atoms with van der Waals surface area (Å²) in [6, 6.07) is 8.65. The molecule has 0 amide bonds. The Labute approximate surface area is 345 Å². The number of phenols is 13. The lowest BCUT2D eigenvalue weighted by Gasteiger charge is -2.43. The molecule has 324 valence electrons. The number of aliphatic hydroxyl groups excluding tert-OH is 1. The second-order valence-electron chi connectivity index (χ2n) is 13.4. The van der Waals surface area contributed by atoms with E-state index >= 15 is 0 Å². The van der Waals surface area contributed by atoms with Crippen LogP contribution in [0.15, 0.2) is 66.7 Å². The maximum absolute atomic E-state index is 13.7. The zero-order valence-electron chi connectivity index (χ0n) is 31.0. The molecule has 0 radical (unpaired) electrons.